The highest BCUT2D eigenvalue weighted by atomic mass is 35.5. The van der Waals surface area contributed by atoms with Crippen molar-refractivity contribution in [2.24, 2.45) is 0 Å². The molecule has 2 aromatic carbocycles. The van der Waals surface area contributed by atoms with E-state index in [1.165, 1.54) is 18.2 Å². The molecule has 0 atom stereocenters. The molecule has 1 aliphatic carbocycles. The molecular weight excluding hydrogens is 414 g/mol. The second kappa shape index (κ2) is 8.14. The molecule has 2 aromatic rings. The quantitative estimate of drug-likeness (QED) is 0.727. The molecule has 0 aliphatic heterocycles. The summed E-state index contributed by atoms with van der Waals surface area (Å²) in [4.78, 5) is 12.3. The average molecular weight is 431 g/mol. The Morgan fingerprint density at radius 2 is 1.74 bits per heavy atom. The summed E-state index contributed by atoms with van der Waals surface area (Å²) in [6, 6.07) is 7.42. The topological polar surface area (TPSA) is 75.3 Å². The van der Waals surface area contributed by atoms with E-state index in [0.717, 1.165) is 43.9 Å². The van der Waals surface area contributed by atoms with Gasteiger partial charge in [0.1, 0.15) is 5.82 Å². The average Bonchev–Trinajstić information content (AvgIpc) is 3.10. The molecule has 1 saturated carbocycles. The molecule has 0 heterocycles. The van der Waals surface area contributed by atoms with Crippen molar-refractivity contribution in [1.29, 1.82) is 0 Å². The lowest BCUT2D eigenvalue weighted by atomic mass is 10.2. The van der Waals surface area contributed by atoms with E-state index in [9.17, 15) is 17.6 Å². The maximum Gasteiger partial charge on any atom is 0.258 e. The minimum Gasteiger partial charge on any atom is -0.322 e. The van der Waals surface area contributed by atoms with Crippen LogP contribution in [0.25, 0.3) is 0 Å². The smallest absolute Gasteiger partial charge is 0.258 e. The molecule has 0 unspecified atom stereocenters. The molecule has 5 nitrogen and oxygen atoms in total. The van der Waals surface area contributed by atoms with Crippen LogP contribution < -0.4 is 10.0 Å². The molecular formula is C18H17Cl2FN2O3S. The van der Waals surface area contributed by atoms with Gasteiger partial charge in [0.05, 0.1) is 20.5 Å². The number of hydrogen-bond donors (Lipinski definition) is 2. The van der Waals surface area contributed by atoms with Crippen LogP contribution in [0.4, 0.5) is 10.1 Å². The second-order valence-electron chi connectivity index (χ2n) is 6.33. The molecule has 27 heavy (non-hydrogen) atoms. The molecule has 0 radical (unpaired) electrons. The van der Waals surface area contributed by atoms with Crippen molar-refractivity contribution >= 4 is 44.8 Å². The maximum atomic E-state index is 14.1. The van der Waals surface area contributed by atoms with Crippen LogP contribution in [-0.2, 0) is 10.0 Å². The highest BCUT2D eigenvalue weighted by Crippen LogP contribution is 2.26. The largest absolute Gasteiger partial charge is 0.322 e. The van der Waals surface area contributed by atoms with Crippen LogP contribution >= 0.6 is 23.2 Å². The van der Waals surface area contributed by atoms with Crippen molar-refractivity contribution in [1.82, 2.24) is 4.72 Å². The van der Waals surface area contributed by atoms with E-state index >= 15 is 0 Å². The zero-order chi connectivity index (χ0) is 19.6. The minimum absolute atomic E-state index is 0.131. The minimum atomic E-state index is -3.84. The lowest BCUT2D eigenvalue weighted by Crippen LogP contribution is -2.32. The number of carbonyl (C=O) groups is 1. The first-order chi connectivity index (χ1) is 12.8. The number of sulfonamides is 1. The van der Waals surface area contributed by atoms with Crippen LogP contribution in [0.1, 0.15) is 36.0 Å². The first kappa shape index (κ1) is 20.1. The van der Waals surface area contributed by atoms with E-state index in [2.05, 4.69) is 10.0 Å². The molecule has 1 aliphatic rings. The summed E-state index contributed by atoms with van der Waals surface area (Å²) in [7, 11) is -3.84. The van der Waals surface area contributed by atoms with Crippen molar-refractivity contribution in [3.05, 3.63) is 57.8 Å². The zero-order valence-electron chi connectivity index (χ0n) is 14.1. The van der Waals surface area contributed by atoms with Crippen LogP contribution in [0, 0.1) is 5.82 Å². The van der Waals surface area contributed by atoms with Gasteiger partial charge in [-0.15, -0.1) is 0 Å². The van der Waals surface area contributed by atoms with Crippen molar-refractivity contribution < 1.29 is 17.6 Å². The van der Waals surface area contributed by atoms with E-state index in [0.29, 0.717) is 10.7 Å². The van der Waals surface area contributed by atoms with E-state index in [1.807, 2.05) is 0 Å². The Kier molecular flexibility index (Phi) is 6.05. The number of hydrogen-bond acceptors (Lipinski definition) is 3. The maximum absolute atomic E-state index is 14.1. The predicted molar refractivity (Wildman–Crippen MR) is 103 cm³/mol. The monoisotopic (exact) mass is 430 g/mol. The summed E-state index contributed by atoms with van der Waals surface area (Å²) in [5.74, 6) is -1.61. The van der Waals surface area contributed by atoms with Gasteiger partial charge in [0.15, 0.2) is 0 Å². The lowest BCUT2D eigenvalue weighted by molar-refractivity contribution is 0.102. The van der Waals surface area contributed by atoms with Gasteiger partial charge in [-0.25, -0.2) is 17.5 Å². The fraction of sp³-hybridized carbons (Fsp3) is 0.278. The van der Waals surface area contributed by atoms with E-state index in [-0.39, 0.29) is 21.5 Å². The Labute approximate surface area is 166 Å². The van der Waals surface area contributed by atoms with Gasteiger partial charge in [0, 0.05) is 11.7 Å². The Morgan fingerprint density at radius 1 is 1.04 bits per heavy atom. The number of amides is 1. The second-order valence-corrected chi connectivity index (χ2v) is 8.86. The number of rotatable bonds is 5. The third-order valence-corrected chi connectivity index (χ3v) is 6.60. The van der Waals surface area contributed by atoms with Gasteiger partial charge in [-0.3, -0.25) is 4.79 Å². The van der Waals surface area contributed by atoms with Gasteiger partial charge in [0.25, 0.3) is 5.91 Å². The van der Waals surface area contributed by atoms with Crippen LogP contribution in [0.15, 0.2) is 41.3 Å². The van der Waals surface area contributed by atoms with Crippen LogP contribution in [0.5, 0.6) is 0 Å². The summed E-state index contributed by atoms with van der Waals surface area (Å²) >= 11 is 11.7. The first-order valence-corrected chi connectivity index (χ1v) is 10.6. The predicted octanol–water partition coefficient (Wildman–Crippen LogP) is 4.61. The van der Waals surface area contributed by atoms with Crippen molar-refractivity contribution in [3.63, 3.8) is 0 Å². The first-order valence-electron chi connectivity index (χ1n) is 8.34. The fourth-order valence-corrected chi connectivity index (χ4v) is 4.58. The molecule has 144 valence electrons. The summed E-state index contributed by atoms with van der Waals surface area (Å²) in [6.45, 7) is 0. The van der Waals surface area contributed by atoms with Crippen LogP contribution in [0.3, 0.4) is 0 Å². The summed E-state index contributed by atoms with van der Waals surface area (Å²) in [5, 5.41) is 3.02. The number of nitrogens with one attached hydrogen (secondary N) is 2. The third kappa shape index (κ3) is 4.79. The molecule has 1 fully saturated rings. The summed E-state index contributed by atoms with van der Waals surface area (Å²) in [6.07, 6.45) is 3.47. The van der Waals surface area contributed by atoms with Crippen molar-refractivity contribution in [3.8, 4) is 0 Å². The fourth-order valence-electron chi connectivity index (χ4n) is 2.95. The standard InChI is InChI=1S/C18H17Cl2FN2O3S/c19-15-7-5-12(9-16(15)20)22-18(24)14-10-13(6-8-17(14)21)27(25,26)23-11-3-1-2-4-11/h5-11,23H,1-4H2,(H,22,24). The Bertz CT molecular complexity index is 977. The zero-order valence-corrected chi connectivity index (χ0v) is 16.5. The number of halogens is 3. The van der Waals surface area contributed by atoms with Crippen LogP contribution in [-0.4, -0.2) is 20.4 Å². The highest BCUT2D eigenvalue weighted by molar-refractivity contribution is 7.89. The number of carbonyl (C=O) groups excluding carboxylic acids is 1. The van der Waals surface area contributed by atoms with Gasteiger partial charge in [0.2, 0.25) is 10.0 Å². The van der Waals surface area contributed by atoms with E-state index in [4.69, 9.17) is 23.2 Å². The molecule has 0 spiro atoms. The number of benzene rings is 2. The van der Waals surface area contributed by atoms with Gasteiger partial charge in [-0.05, 0) is 49.2 Å². The van der Waals surface area contributed by atoms with E-state index in [1.54, 1.807) is 0 Å². The molecule has 1 amide bonds. The molecule has 2 N–H and O–H groups in total. The molecule has 0 aromatic heterocycles. The summed E-state index contributed by atoms with van der Waals surface area (Å²) < 4.78 is 41.8. The van der Waals surface area contributed by atoms with Gasteiger partial charge < -0.3 is 5.32 Å². The lowest BCUT2D eigenvalue weighted by Gasteiger charge is -2.13. The van der Waals surface area contributed by atoms with Gasteiger partial charge in [-0.2, -0.15) is 0 Å². The SMILES string of the molecule is O=C(Nc1ccc(Cl)c(Cl)c1)c1cc(S(=O)(=O)NC2CCCC2)ccc1F. The third-order valence-electron chi connectivity index (χ3n) is 4.35. The normalized spacial score (nSPS) is 15.1. The van der Waals surface area contributed by atoms with Crippen LogP contribution in [0.2, 0.25) is 10.0 Å². The van der Waals surface area contributed by atoms with E-state index < -0.39 is 21.7 Å². The molecule has 0 saturated heterocycles. The van der Waals surface area contributed by atoms with Crippen molar-refractivity contribution in [2.45, 2.75) is 36.6 Å². The molecule has 9 heteroatoms. The Morgan fingerprint density at radius 3 is 2.41 bits per heavy atom. The summed E-state index contributed by atoms with van der Waals surface area (Å²) in [5.41, 5.74) is -0.0680. The van der Waals surface area contributed by atoms with Gasteiger partial charge in [-0.1, -0.05) is 36.0 Å². The molecule has 0 bridgehead atoms. The molecule has 3 rings (SSSR count). The highest BCUT2D eigenvalue weighted by Gasteiger charge is 2.24. The van der Waals surface area contributed by atoms with Crippen molar-refractivity contribution in [2.75, 3.05) is 5.32 Å². The van der Waals surface area contributed by atoms with Gasteiger partial charge >= 0.3 is 0 Å². The Balaban J connectivity index is 1.83. The number of anilines is 1. The Hall–Kier alpha value is -1.67.